The first kappa shape index (κ1) is 31.4. The molecule has 0 radical (unpaired) electrons. The number of carbonyl (C=O) groups excluding carboxylic acids is 1. The number of hydrogen-bond donors (Lipinski definition) is 1. The molecule has 0 aliphatic carbocycles. The lowest BCUT2D eigenvalue weighted by atomic mass is 9.86. The van der Waals surface area contributed by atoms with E-state index in [4.69, 9.17) is 9.47 Å². The molecule has 0 saturated carbocycles. The Morgan fingerprint density at radius 1 is 0.800 bits per heavy atom. The Hall–Kier alpha value is -3.09. The molecule has 0 aliphatic heterocycles. The predicted octanol–water partition coefficient (Wildman–Crippen LogP) is 8.68. The van der Waals surface area contributed by atoms with E-state index in [1.807, 2.05) is 6.07 Å². The van der Waals surface area contributed by atoms with Crippen molar-refractivity contribution in [3.63, 3.8) is 0 Å². The van der Waals surface area contributed by atoms with Crippen LogP contribution in [0.1, 0.15) is 128 Å². The third kappa shape index (κ3) is 9.24. The number of unbranched alkanes of at least 4 members (excludes halogenated alkanes) is 10. The number of phenolic OH excluding ortho intramolecular Hbond substituents is 1. The van der Waals surface area contributed by atoms with Gasteiger partial charge in [-0.05, 0) is 42.5 Å². The van der Waals surface area contributed by atoms with E-state index in [0.717, 1.165) is 31.2 Å². The molecule has 1 aromatic heterocycles. The molecule has 3 rings (SSSR count). The summed E-state index contributed by atoms with van der Waals surface area (Å²) in [4.78, 5) is 14.0. The molecule has 2 aromatic carbocycles. The largest absolute Gasteiger partial charge is 0.505 e. The van der Waals surface area contributed by atoms with Crippen molar-refractivity contribution in [2.24, 2.45) is 0 Å². The SMILES string of the molecule is CCCCCCCCOC(=O)c1ccc2nn(-c3cc(OCCCCCCCC)cc(C(C)(C)C)c3O)nc2c1. The number of fused-ring (bicyclic) bond motifs is 1. The lowest BCUT2D eigenvalue weighted by molar-refractivity contribution is 0.0498. The molecule has 0 bridgehead atoms. The molecule has 0 spiro atoms. The zero-order valence-corrected chi connectivity index (χ0v) is 25.3. The summed E-state index contributed by atoms with van der Waals surface area (Å²) in [6, 6.07) is 8.88. The molecule has 220 valence electrons. The number of esters is 1. The quantitative estimate of drug-likeness (QED) is 0.133. The molecule has 0 fully saturated rings. The smallest absolute Gasteiger partial charge is 0.338 e. The fourth-order valence-corrected chi connectivity index (χ4v) is 4.75. The summed E-state index contributed by atoms with van der Waals surface area (Å²) < 4.78 is 11.6. The fraction of sp³-hybridized carbons (Fsp3) is 0.606. The van der Waals surface area contributed by atoms with E-state index >= 15 is 0 Å². The molecule has 7 nitrogen and oxygen atoms in total. The molecular weight excluding hydrogens is 502 g/mol. The van der Waals surface area contributed by atoms with Crippen LogP contribution in [-0.4, -0.2) is 39.3 Å². The molecule has 0 amide bonds. The molecular formula is C33H49N3O4. The number of carbonyl (C=O) groups is 1. The number of aromatic nitrogens is 3. The Bertz CT molecular complexity index is 1210. The van der Waals surface area contributed by atoms with Crippen molar-refractivity contribution in [2.45, 2.75) is 117 Å². The third-order valence-electron chi connectivity index (χ3n) is 7.20. The maximum Gasteiger partial charge on any atom is 0.338 e. The van der Waals surface area contributed by atoms with Crippen LogP contribution >= 0.6 is 0 Å². The van der Waals surface area contributed by atoms with Gasteiger partial charge in [-0.25, -0.2) is 4.79 Å². The highest BCUT2D eigenvalue weighted by molar-refractivity contribution is 5.93. The Balaban J connectivity index is 1.72. The molecule has 0 aliphatic rings. The van der Waals surface area contributed by atoms with E-state index in [-0.39, 0.29) is 17.1 Å². The van der Waals surface area contributed by atoms with Crippen molar-refractivity contribution < 1.29 is 19.4 Å². The lowest BCUT2D eigenvalue weighted by Crippen LogP contribution is -2.14. The molecule has 0 atom stereocenters. The third-order valence-corrected chi connectivity index (χ3v) is 7.20. The molecule has 1 heterocycles. The summed E-state index contributed by atoms with van der Waals surface area (Å²) in [6.07, 6.45) is 14.0. The number of aromatic hydroxyl groups is 1. The zero-order valence-electron chi connectivity index (χ0n) is 25.3. The highest BCUT2D eigenvalue weighted by Gasteiger charge is 2.24. The predicted molar refractivity (Wildman–Crippen MR) is 162 cm³/mol. The van der Waals surface area contributed by atoms with Gasteiger partial charge in [0.15, 0.2) is 0 Å². The maximum atomic E-state index is 12.6. The van der Waals surface area contributed by atoms with Crippen LogP contribution in [-0.2, 0) is 10.2 Å². The summed E-state index contributed by atoms with van der Waals surface area (Å²) in [5.74, 6) is 0.456. The van der Waals surface area contributed by atoms with E-state index < -0.39 is 0 Å². The first-order valence-corrected chi connectivity index (χ1v) is 15.3. The fourth-order valence-electron chi connectivity index (χ4n) is 4.75. The van der Waals surface area contributed by atoms with E-state index in [2.05, 4.69) is 44.8 Å². The van der Waals surface area contributed by atoms with Gasteiger partial charge in [0, 0.05) is 11.6 Å². The second kappa shape index (κ2) is 15.6. The Kier molecular flexibility index (Phi) is 12.3. The van der Waals surface area contributed by atoms with Gasteiger partial charge in [-0.3, -0.25) is 0 Å². The first-order valence-electron chi connectivity index (χ1n) is 15.3. The minimum absolute atomic E-state index is 0.123. The molecule has 40 heavy (non-hydrogen) atoms. The Morgan fingerprint density at radius 2 is 1.40 bits per heavy atom. The monoisotopic (exact) mass is 551 g/mol. The standard InChI is InChI=1S/C33H49N3O4/c1-6-8-10-12-14-16-20-39-26-23-27(33(3,4)5)31(37)30(24-26)36-34-28-19-18-25(22-29(28)35-36)32(38)40-21-17-15-13-11-9-7-2/h18-19,22-24,37H,6-17,20-21H2,1-5H3. The van der Waals surface area contributed by atoms with Crippen LogP contribution < -0.4 is 4.74 Å². The van der Waals surface area contributed by atoms with Crippen molar-refractivity contribution in [3.8, 4) is 17.2 Å². The number of ether oxygens (including phenoxy) is 2. The van der Waals surface area contributed by atoms with E-state index in [1.54, 1.807) is 24.3 Å². The normalized spacial score (nSPS) is 11.7. The van der Waals surface area contributed by atoms with Crippen molar-refractivity contribution in [2.75, 3.05) is 13.2 Å². The molecule has 3 aromatic rings. The first-order chi connectivity index (χ1) is 19.2. The number of phenols is 1. The summed E-state index contributed by atoms with van der Waals surface area (Å²) in [7, 11) is 0. The van der Waals surface area contributed by atoms with Gasteiger partial charge >= 0.3 is 5.97 Å². The van der Waals surface area contributed by atoms with Crippen LogP contribution in [0.25, 0.3) is 16.7 Å². The molecule has 0 unspecified atom stereocenters. The van der Waals surface area contributed by atoms with Crippen LogP contribution in [0.3, 0.4) is 0 Å². The van der Waals surface area contributed by atoms with Crippen LogP contribution in [0.15, 0.2) is 30.3 Å². The highest BCUT2D eigenvalue weighted by atomic mass is 16.5. The number of hydrogen-bond acceptors (Lipinski definition) is 6. The topological polar surface area (TPSA) is 86.5 Å². The molecule has 0 saturated heterocycles. The summed E-state index contributed by atoms with van der Waals surface area (Å²) >= 11 is 0. The lowest BCUT2D eigenvalue weighted by Gasteiger charge is -2.23. The van der Waals surface area contributed by atoms with E-state index in [0.29, 0.717) is 41.2 Å². The van der Waals surface area contributed by atoms with Gasteiger partial charge in [-0.1, -0.05) is 98.8 Å². The van der Waals surface area contributed by atoms with Gasteiger partial charge in [-0.2, -0.15) is 0 Å². The minimum Gasteiger partial charge on any atom is -0.505 e. The average Bonchev–Trinajstić information content (AvgIpc) is 3.35. The molecule has 1 N–H and O–H groups in total. The maximum absolute atomic E-state index is 12.6. The highest BCUT2D eigenvalue weighted by Crippen LogP contribution is 2.38. The summed E-state index contributed by atoms with van der Waals surface area (Å²) in [6.45, 7) is 11.6. The van der Waals surface area contributed by atoms with Gasteiger partial charge in [0.2, 0.25) is 0 Å². The summed E-state index contributed by atoms with van der Waals surface area (Å²) in [5, 5.41) is 20.4. The molecule has 7 heteroatoms. The van der Waals surface area contributed by atoms with Crippen molar-refractivity contribution in [1.29, 1.82) is 0 Å². The zero-order chi connectivity index (χ0) is 29.0. The van der Waals surface area contributed by atoms with Gasteiger partial charge in [0.25, 0.3) is 0 Å². The second-order valence-electron chi connectivity index (χ2n) is 11.8. The van der Waals surface area contributed by atoms with Crippen LogP contribution in [0.5, 0.6) is 11.5 Å². The van der Waals surface area contributed by atoms with Gasteiger partial charge in [-0.15, -0.1) is 15.0 Å². The average molecular weight is 552 g/mol. The number of rotatable bonds is 17. The number of nitrogens with zero attached hydrogens (tertiary/aromatic N) is 3. The minimum atomic E-state index is -0.354. The van der Waals surface area contributed by atoms with Crippen molar-refractivity contribution in [3.05, 3.63) is 41.5 Å². The van der Waals surface area contributed by atoms with Gasteiger partial charge in [0.1, 0.15) is 28.2 Å². The van der Waals surface area contributed by atoms with E-state index in [9.17, 15) is 9.90 Å². The second-order valence-corrected chi connectivity index (χ2v) is 11.8. The van der Waals surface area contributed by atoms with Crippen LogP contribution in [0, 0.1) is 0 Å². The van der Waals surface area contributed by atoms with Gasteiger partial charge in [0.05, 0.1) is 18.8 Å². The Morgan fingerprint density at radius 3 is 2.05 bits per heavy atom. The summed E-state index contributed by atoms with van der Waals surface area (Å²) in [5.41, 5.74) is 2.54. The Labute approximate surface area is 240 Å². The van der Waals surface area contributed by atoms with Crippen LogP contribution in [0.2, 0.25) is 0 Å². The number of benzene rings is 2. The van der Waals surface area contributed by atoms with Crippen LogP contribution in [0.4, 0.5) is 0 Å². The van der Waals surface area contributed by atoms with Crippen molar-refractivity contribution in [1.82, 2.24) is 15.0 Å². The van der Waals surface area contributed by atoms with E-state index in [1.165, 1.54) is 56.2 Å². The van der Waals surface area contributed by atoms with Gasteiger partial charge < -0.3 is 14.6 Å². The van der Waals surface area contributed by atoms with Crippen molar-refractivity contribution >= 4 is 17.0 Å².